The van der Waals surface area contributed by atoms with Crippen LogP contribution in [0, 0.1) is 0 Å². The molecule has 1 aromatic carbocycles. The molecule has 0 unspecified atom stereocenters. The van der Waals surface area contributed by atoms with E-state index in [1.807, 2.05) is 30.3 Å². The molecule has 0 bridgehead atoms. The number of methoxy groups -OCH3 is 1. The van der Waals surface area contributed by atoms with Crippen molar-refractivity contribution in [2.45, 2.75) is 20.4 Å². The second-order valence-corrected chi connectivity index (χ2v) is 5.02. The fourth-order valence-electron chi connectivity index (χ4n) is 2.13. The van der Waals surface area contributed by atoms with Crippen LogP contribution in [0.2, 0.25) is 0 Å². The van der Waals surface area contributed by atoms with E-state index in [4.69, 9.17) is 4.74 Å². The zero-order chi connectivity index (χ0) is 17.4. The molecule has 1 aromatic heterocycles. The van der Waals surface area contributed by atoms with Gasteiger partial charge in [0.05, 0.1) is 13.7 Å². The van der Waals surface area contributed by atoms with Crippen LogP contribution in [0.25, 0.3) is 0 Å². The van der Waals surface area contributed by atoms with E-state index in [-0.39, 0.29) is 18.3 Å². The van der Waals surface area contributed by atoms with Crippen LogP contribution < -0.4 is 10.1 Å². The van der Waals surface area contributed by atoms with Gasteiger partial charge < -0.3 is 19.7 Å². The number of rotatable bonds is 8. The molecule has 1 heterocycles. The highest BCUT2D eigenvalue weighted by Gasteiger charge is 2.17. The summed E-state index contributed by atoms with van der Waals surface area (Å²) in [7, 11) is 1.25. The third kappa shape index (κ3) is 6.24. The largest absolute Gasteiger partial charge is 0.515 e. The highest BCUT2D eigenvalue weighted by atomic mass is 35.5. The first-order valence-electron chi connectivity index (χ1n) is 7.91. The van der Waals surface area contributed by atoms with Gasteiger partial charge in [0.15, 0.2) is 0 Å². The molecule has 0 aliphatic carbocycles. The number of carbonyl (C=O) groups is 1. The molecule has 0 amide bonds. The van der Waals surface area contributed by atoms with E-state index in [1.54, 1.807) is 0 Å². The van der Waals surface area contributed by atoms with Crippen molar-refractivity contribution < 1.29 is 14.3 Å². The summed E-state index contributed by atoms with van der Waals surface area (Å²) in [5.41, 5.74) is 0.822. The minimum absolute atomic E-state index is 0. The number of carbonyl (C=O) groups excluding carboxylic acids is 1. The number of anilines is 2. The van der Waals surface area contributed by atoms with Crippen LogP contribution in [0.3, 0.4) is 0 Å². The van der Waals surface area contributed by atoms with Crippen LogP contribution in [0.15, 0.2) is 30.3 Å². The zero-order valence-corrected chi connectivity index (χ0v) is 15.5. The van der Waals surface area contributed by atoms with Crippen LogP contribution in [0.5, 0.6) is 5.88 Å². The van der Waals surface area contributed by atoms with Crippen LogP contribution >= 0.6 is 12.4 Å². The van der Waals surface area contributed by atoms with E-state index in [0.29, 0.717) is 12.4 Å². The van der Waals surface area contributed by atoms with Crippen molar-refractivity contribution >= 4 is 30.1 Å². The van der Waals surface area contributed by atoms with E-state index in [1.165, 1.54) is 11.9 Å². The SMILES string of the molecule is CCN(CC)CCn1nc(Nc2ccccc2)c(OC(=O)OC)n1.Cl. The number of hydrogen-bond donors (Lipinski definition) is 1. The van der Waals surface area contributed by atoms with Crippen LogP contribution in [0.1, 0.15) is 13.8 Å². The fraction of sp³-hybridized carbons (Fsp3) is 0.438. The lowest BCUT2D eigenvalue weighted by atomic mass is 10.3. The Balaban J connectivity index is 0.00000312. The number of aromatic nitrogens is 3. The molecule has 0 spiro atoms. The van der Waals surface area contributed by atoms with Gasteiger partial charge in [0.2, 0.25) is 5.82 Å². The molecule has 2 rings (SSSR count). The van der Waals surface area contributed by atoms with Crippen molar-refractivity contribution in [3.8, 4) is 5.88 Å². The van der Waals surface area contributed by atoms with Gasteiger partial charge >= 0.3 is 6.16 Å². The Morgan fingerprint density at radius 3 is 2.48 bits per heavy atom. The van der Waals surface area contributed by atoms with Gasteiger partial charge in [-0.05, 0) is 25.2 Å². The van der Waals surface area contributed by atoms with Gasteiger partial charge in [0.1, 0.15) is 0 Å². The molecule has 0 aliphatic heterocycles. The fourth-order valence-corrected chi connectivity index (χ4v) is 2.13. The second-order valence-electron chi connectivity index (χ2n) is 5.02. The van der Waals surface area contributed by atoms with Crippen molar-refractivity contribution in [1.82, 2.24) is 19.9 Å². The van der Waals surface area contributed by atoms with E-state index in [0.717, 1.165) is 25.3 Å². The molecule has 0 atom stereocenters. The van der Waals surface area contributed by atoms with Gasteiger partial charge in [-0.15, -0.1) is 22.6 Å². The summed E-state index contributed by atoms with van der Waals surface area (Å²) in [5.74, 6) is 0.455. The highest BCUT2D eigenvalue weighted by Crippen LogP contribution is 2.23. The molecule has 9 heteroatoms. The summed E-state index contributed by atoms with van der Waals surface area (Å²) in [6, 6.07) is 9.48. The topological polar surface area (TPSA) is 81.5 Å². The first-order valence-corrected chi connectivity index (χ1v) is 7.91. The Hall–Kier alpha value is -2.32. The minimum Gasteiger partial charge on any atom is -0.437 e. The Labute approximate surface area is 153 Å². The van der Waals surface area contributed by atoms with Crippen LogP contribution in [0.4, 0.5) is 16.3 Å². The number of nitrogens with zero attached hydrogens (tertiary/aromatic N) is 4. The summed E-state index contributed by atoms with van der Waals surface area (Å²) in [4.78, 5) is 15.2. The average molecular weight is 370 g/mol. The maximum atomic E-state index is 11.4. The molecule has 0 fully saturated rings. The lowest BCUT2D eigenvalue weighted by molar-refractivity contribution is 0.119. The lowest BCUT2D eigenvalue weighted by Crippen LogP contribution is -2.27. The maximum absolute atomic E-state index is 11.4. The average Bonchev–Trinajstić information content (AvgIpc) is 2.98. The molecule has 0 radical (unpaired) electrons. The first-order chi connectivity index (χ1) is 11.7. The summed E-state index contributed by atoms with van der Waals surface area (Å²) < 4.78 is 9.60. The predicted octanol–water partition coefficient (Wildman–Crippen LogP) is 2.93. The van der Waals surface area contributed by atoms with Gasteiger partial charge in [-0.3, -0.25) is 0 Å². The van der Waals surface area contributed by atoms with Gasteiger partial charge in [-0.2, -0.15) is 4.80 Å². The predicted molar refractivity (Wildman–Crippen MR) is 97.8 cm³/mol. The van der Waals surface area contributed by atoms with E-state index in [9.17, 15) is 4.79 Å². The van der Waals surface area contributed by atoms with Crippen molar-refractivity contribution in [3.05, 3.63) is 30.3 Å². The summed E-state index contributed by atoms with van der Waals surface area (Å²) in [6.45, 7) is 7.53. The summed E-state index contributed by atoms with van der Waals surface area (Å²) >= 11 is 0. The molecule has 0 saturated carbocycles. The minimum atomic E-state index is -0.832. The Bertz CT molecular complexity index is 646. The molecular formula is C16H24ClN5O3. The third-order valence-electron chi connectivity index (χ3n) is 3.52. The molecule has 25 heavy (non-hydrogen) atoms. The molecule has 2 aromatic rings. The summed E-state index contributed by atoms with van der Waals surface area (Å²) in [6.07, 6.45) is -0.832. The first kappa shape index (κ1) is 20.7. The number of hydrogen-bond acceptors (Lipinski definition) is 7. The van der Waals surface area contributed by atoms with Gasteiger partial charge in [0, 0.05) is 12.2 Å². The Morgan fingerprint density at radius 1 is 1.20 bits per heavy atom. The quantitative estimate of drug-likeness (QED) is 0.716. The normalized spacial score (nSPS) is 10.2. The molecule has 8 nitrogen and oxygen atoms in total. The Morgan fingerprint density at radius 2 is 1.88 bits per heavy atom. The van der Waals surface area contributed by atoms with E-state index < -0.39 is 6.16 Å². The molecule has 0 saturated heterocycles. The smallest absolute Gasteiger partial charge is 0.437 e. The van der Waals surface area contributed by atoms with Crippen molar-refractivity contribution in [2.75, 3.05) is 32.1 Å². The number of likely N-dealkylation sites (N-methyl/N-ethyl adjacent to an activating group) is 1. The van der Waals surface area contributed by atoms with Gasteiger partial charge in [-0.25, -0.2) is 4.79 Å². The van der Waals surface area contributed by atoms with E-state index >= 15 is 0 Å². The third-order valence-corrected chi connectivity index (χ3v) is 3.52. The zero-order valence-electron chi connectivity index (χ0n) is 14.6. The van der Waals surface area contributed by atoms with Crippen molar-refractivity contribution in [1.29, 1.82) is 0 Å². The molecule has 0 aliphatic rings. The molecule has 1 N–H and O–H groups in total. The Kier molecular flexibility index (Phi) is 8.73. The van der Waals surface area contributed by atoms with Crippen molar-refractivity contribution in [3.63, 3.8) is 0 Å². The summed E-state index contributed by atoms with van der Waals surface area (Å²) in [5, 5.41) is 11.7. The lowest BCUT2D eigenvalue weighted by Gasteiger charge is -2.16. The van der Waals surface area contributed by atoms with Crippen molar-refractivity contribution in [2.24, 2.45) is 0 Å². The monoisotopic (exact) mass is 369 g/mol. The van der Waals surface area contributed by atoms with E-state index in [2.05, 4.69) is 39.0 Å². The number of nitrogens with one attached hydrogen (secondary N) is 1. The van der Waals surface area contributed by atoms with Crippen LogP contribution in [-0.2, 0) is 11.3 Å². The number of ether oxygens (including phenoxy) is 2. The van der Waals surface area contributed by atoms with Gasteiger partial charge in [0.25, 0.3) is 5.88 Å². The van der Waals surface area contributed by atoms with Gasteiger partial charge in [-0.1, -0.05) is 32.0 Å². The number of para-hydroxylation sites is 1. The second kappa shape index (κ2) is 10.5. The van der Waals surface area contributed by atoms with Crippen LogP contribution in [-0.4, -0.2) is 52.8 Å². The molecule has 138 valence electrons. The standard InChI is InChI=1S/C16H23N5O3.ClH/c1-4-20(5-2)11-12-21-18-14(15(19-21)24-16(22)23-3)17-13-9-7-6-8-10-13;/h6-10H,4-5,11-12H2,1-3H3,(H,17,18);1H. The number of benzene rings is 1. The number of halogens is 1. The highest BCUT2D eigenvalue weighted by molar-refractivity contribution is 5.85. The maximum Gasteiger partial charge on any atom is 0.515 e. The molecular weight excluding hydrogens is 346 g/mol.